The number of benzene rings is 1. The third kappa shape index (κ3) is 1.62. The van der Waals surface area contributed by atoms with Gasteiger partial charge in [-0.1, -0.05) is 12.1 Å². The molecule has 0 fully saturated rings. The highest BCUT2D eigenvalue weighted by atomic mass is 15.3. The fraction of sp³-hybridized carbons (Fsp3) is 0.400. The highest BCUT2D eigenvalue weighted by Gasteiger charge is 2.20. The quantitative estimate of drug-likeness (QED) is 0.834. The molecule has 0 bridgehead atoms. The van der Waals surface area contributed by atoms with Crippen molar-refractivity contribution in [3.63, 3.8) is 0 Å². The number of nitrogen functional groups attached to an aromatic ring is 1. The van der Waals surface area contributed by atoms with E-state index in [4.69, 9.17) is 5.73 Å². The first kappa shape index (κ1) is 11.3. The molecule has 3 rings (SSSR count). The lowest BCUT2D eigenvalue weighted by atomic mass is 9.97. The van der Waals surface area contributed by atoms with E-state index in [0.717, 1.165) is 12.8 Å². The lowest BCUT2D eigenvalue weighted by Crippen LogP contribution is -2.09. The Labute approximate surface area is 108 Å². The largest absolute Gasteiger partial charge is 0.382 e. The van der Waals surface area contributed by atoms with Crippen molar-refractivity contribution >= 4 is 5.82 Å². The minimum atomic E-state index is 0.714. The van der Waals surface area contributed by atoms with Crippen molar-refractivity contribution in [1.82, 2.24) is 9.78 Å². The van der Waals surface area contributed by atoms with Gasteiger partial charge in [0, 0.05) is 11.3 Å². The Hall–Kier alpha value is -1.77. The summed E-state index contributed by atoms with van der Waals surface area (Å²) in [5.41, 5.74) is 12.4. The van der Waals surface area contributed by atoms with Gasteiger partial charge in [0.05, 0.1) is 5.69 Å². The summed E-state index contributed by atoms with van der Waals surface area (Å²) in [5.74, 6) is 0.714. The molecule has 3 heteroatoms. The van der Waals surface area contributed by atoms with Crippen LogP contribution < -0.4 is 5.73 Å². The number of nitrogens with zero attached hydrogens (tertiary/aromatic N) is 2. The summed E-state index contributed by atoms with van der Waals surface area (Å²) in [6.45, 7) is 4.29. The van der Waals surface area contributed by atoms with Crippen LogP contribution in [0.5, 0.6) is 0 Å². The summed E-state index contributed by atoms with van der Waals surface area (Å²) in [6.07, 6.45) is 4.64. The molecule has 1 aliphatic carbocycles. The molecule has 0 amide bonds. The lowest BCUT2D eigenvalue weighted by molar-refractivity contribution is 0.652. The van der Waals surface area contributed by atoms with Crippen molar-refractivity contribution in [2.24, 2.45) is 0 Å². The van der Waals surface area contributed by atoms with Crippen LogP contribution in [0, 0.1) is 13.8 Å². The van der Waals surface area contributed by atoms with E-state index in [2.05, 4.69) is 41.8 Å². The Balaban J connectivity index is 2.20. The molecule has 2 aromatic rings. The number of aryl methyl sites for hydroxylation is 1. The van der Waals surface area contributed by atoms with Crippen LogP contribution in [0.2, 0.25) is 0 Å². The molecule has 0 atom stereocenters. The molecule has 0 saturated carbocycles. The molecule has 94 valence electrons. The zero-order chi connectivity index (χ0) is 12.7. The van der Waals surface area contributed by atoms with Gasteiger partial charge in [-0.15, -0.1) is 0 Å². The van der Waals surface area contributed by atoms with E-state index in [0.29, 0.717) is 5.82 Å². The smallest absolute Gasteiger partial charge is 0.149 e. The van der Waals surface area contributed by atoms with Gasteiger partial charge in [0.2, 0.25) is 0 Å². The van der Waals surface area contributed by atoms with Crippen molar-refractivity contribution in [2.45, 2.75) is 39.5 Å². The zero-order valence-electron chi connectivity index (χ0n) is 11.0. The van der Waals surface area contributed by atoms with Gasteiger partial charge in [-0.05, 0) is 56.7 Å². The molecule has 1 aliphatic rings. The highest BCUT2D eigenvalue weighted by molar-refractivity contribution is 5.51. The average molecular weight is 241 g/mol. The van der Waals surface area contributed by atoms with Gasteiger partial charge in [0.15, 0.2) is 0 Å². The maximum Gasteiger partial charge on any atom is 0.149 e. The molecule has 0 aliphatic heterocycles. The highest BCUT2D eigenvalue weighted by Crippen LogP contribution is 2.29. The minimum Gasteiger partial charge on any atom is -0.382 e. The normalized spacial score (nSPS) is 14.6. The predicted octanol–water partition coefficient (Wildman–Crippen LogP) is 2.95. The van der Waals surface area contributed by atoms with E-state index in [1.165, 1.54) is 40.9 Å². The number of anilines is 1. The van der Waals surface area contributed by atoms with Crippen molar-refractivity contribution in [2.75, 3.05) is 5.73 Å². The van der Waals surface area contributed by atoms with Crippen molar-refractivity contribution < 1.29 is 0 Å². The summed E-state index contributed by atoms with van der Waals surface area (Å²) in [6, 6.07) is 6.35. The van der Waals surface area contributed by atoms with Crippen LogP contribution in [0.4, 0.5) is 5.82 Å². The summed E-state index contributed by atoms with van der Waals surface area (Å²) in [5, 5.41) is 4.56. The van der Waals surface area contributed by atoms with Gasteiger partial charge in [-0.3, -0.25) is 0 Å². The fourth-order valence-electron chi connectivity index (χ4n) is 2.79. The molecule has 3 nitrogen and oxygen atoms in total. The van der Waals surface area contributed by atoms with Gasteiger partial charge >= 0.3 is 0 Å². The van der Waals surface area contributed by atoms with Gasteiger partial charge in [-0.25, -0.2) is 4.68 Å². The summed E-state index contributed by atoms with van der Waals surface area (Å²) in [4.78, 5) is 0. The van der Waals surface area contributed by atoms with Crippen molar-refractivity contribution in [3.05, 3.63) is 40.6 Å². The van der Waals surface area contributed by atoms with Gasteiger partial charge < -0.3 is 5.73 Å². The molecule has 0 spiro atoms. The second-order valence-electron chi connectivity index (χ2n) is 5.15. The number of rotatable bonds is 1. The minimum absolute atomic E-state index is 0.714. The maximum atomic E-state index is 6.06. The first-order valence-electron chi connectivity index (χ1n) is 6.61. The first-order chi connectivity index (χ1) is 8.68. The van der Waals surface area contributed by atoms with Crippen LogP contribution in [-0.4, -0.2) is 9.78 Å². The molecule has 1 aromatic heterocycles. The summed E-state index contributed by atoms with van der Waals surface area (Å²) >= 11 is 0. The Kier molecular flexibility index (Phi) is 2.62. The Morgan fingerprint density at radius 2 is 1.94 bits per heavy atom. The van der Waals surface area contributed by atoms with E-state index >= 15 is 0 Å². The Morgan fingerprint density at radius 3 is 2.78 bits per heavy atom. The van der Waals surface area contributed by atoms with Gasteiger partial charge in [0.25, 0.3) is 0 Å². The third-order valence-electron chi connectivity index (χ3n) is 4.02. The van der Waals surface area contributed by atoms with Crippen LogP contribution in [-0.2, 0) is 12.8 Å². The topological polar surface area (TPSA) is 43.8 Å². The molecule has 18 heavy (non-hydrogen) atoms. The molecule has 1 heterocycles. The van der Waals surface area contributed by atoms with Crippen LogP contribution in [0.25, 0.3) is 5.69 Å². The summed E-state index contributed by atoms with van der Waals surface area (Å²) < 4.78 is 2.06. The molecule has 1 aromatic carbocycles. The van der Waals surface area contributed by atoms with Crippen LogP contribution in [0.1, 0.15) is 35.2 Å². The third-order valence-corrected chi connectivity index (χ3v) is 4.02. The monoisotopic (exact) mass is 241 g/mol. The molecule has 0 radical (unpaired) electrons. The van der Waals surface area contributed by atoms with Crippen LogP contribution in [0.3, 0.4) is 0 Å². The van der Waals surface area contributed by atoms with E-state index in [1.54, 1.807) is 0 Å². The number of hydrogen-bond donors (Lipinski definition) is 1. The number of hydrogen-bond acceptors (Lipinski definition) is 2. The van der Waals surface area contributed by atoms with E-state index in [1.807, 2.05) is 0 Å². The Bertz CT molecular complexity index is 596. The maximum absolute atomic E-state index is 6.06. The average Bonchev–Trinajstić information content (AvgIpc) is 2.71. The first-order valence-corrected chi connectivity index (χ1v) is 6.61. The second-order valence-corrected chi connectivity index (χ2v) is 5.15. The summed E-state index contributed by atoms with van der Waals surface area (Å²) in [7, 11) is 0. The van der Waals surface area contributed by atoms with Crippen LogP contribution >= 0.6 is 0 Å². The van der Waals surface area contributed by atoms with Gasteiger partial charge in [0.1, 0.15) is 5.82 Å². The molecule has 0 unspecified atom stereocenters. The van der Waals surface area contributed by atoms with Crippen LogP contribution in [0.15, 0.2) is 18.2 Å². The second kappa shape index (κ2) is 4.16. The molecule has 2 N–H and O–H groups in total. The SMILES string of the molecule is Cc1cccc(-n2nc(N)c3c2CCCC3)c1C. The predicted molar refractivity (Wildman–Crippen MR) is 74.1 cm³/mol. The Morgan fingerprint density at radius 1 is 1.17 bits per heavy atom. The lowest BCUT2D eigenvalue weighted by Gasteiger charge is -2.15. The standard InChI is InChI=1S/C15H19N3/c1-10-6-5-9-13(11(10)2)18-14-8-4-3-7-12(14)15(16)17-18/h5-6,9H,3-4,7-8H2,1-2H3,(H2,16,17). The van der Waals surface area contributed by atoms with Gasteiger partial charge in [-0.2, -0.15) is 5.10 Å². The number of aromatic nitrogens is 2. The zero-order valence-corrected chi connectivity index (χ0v) is 11.0. The van der Waals surface area contributed by atoms with E-state index in [-0.39, 0.29) is 0 Å². The van der Waals surface area contributed by atoms with Crippen molar-refractivity contribution in [3.8, 4) is 5.69 Å². The van der Waals surface area contributed by atoms with Crippen molar-refractivity contribution in [1.29, 1.82) is 0 Å². The van der Waals surface area contributed by atoms with E-state index in [9.17, 15) is 0 Å². The fourth-order valence-corrected chi connectivity index (χ4v) is 2.79. The van der Waals surface area contributed by atoms with E-state index < -0.39 is 0 Å². The molecular formula is C15H19N3. The molecular weight excluding hydrogens is 222 g/mol. The number of fused-ring (bicyclic) bond motifs is 1. The molecule has 0 saturated heterocycles. The number of nitrogens with two attached hydrogens (primary N) is 1.